The third-order valence-electron chi connectivity index (χ3n) is 3.58. The van der Waals surface area contributed by atoms with Gasteiger partial charge in [0.25, 0.3) is 0 Å². The molecule has 1 aliphatic heterocycles. The standard InChI is InChI=1S/C15H21BrClN3O4S/c1-15(2,3)24-14(21)19-5-6-20(25(4,22)23)11(9-19)10-7-12(16)18-13(17)8-10/h7-8,11H,5-6,9H2,1-4H3/t11-/m1/s1. The predicted octanol–water partition coefficient (Wildman–Crippen LogP) is 3.05. The molecule has 0 aromatic carbocycles. The first-order valence-corrected chi connectivity index (χ1v) is 10.7. The van der Waals surface area contributed by atoms with Gasteiger partial charge in [-0.2, -0.15) is 4.31 Å². The Hall–Kier alpha value is -0.900. The fraction of sp³-hybridized carbons (Fsp3) is 0.600. The molecule has 0 saturated carbocycles. The number of pyridine rings is 1. The van der Waals surface area contributed by atoms with Crippen LogP contribution in [0.5, 0.6) is 0 Å². The zero-order chi connectivity index (χ0) is 19.0. The Bertz CT molecular complexity index is 746. The number of carbonyl (C=O) groups excluding carboxylic acids is 1. The van der Waals surface area contributed by atoms with Crippen molar-refractivity contribution >= 4 is 43.6 Å². The maximum Gasteiger partial charge on any atom is 0.410 e. The summed E-state index contributed by atoms with van der Waals surface area (Å²) in [7, 11) is -3.46. The fourth-order valence-electron chi connectivity index (χ4n) is 2.60. The van der Waals surface area contributed by atoms with Crippen LogP contribution in [0.1, 0.15) is 32.4 Å². The number of hydrogen-bond donors (Lipinski definition) is 0. The van der Waals surface area contributed by atoms with Crippen molar-refractivity contribution < 1.29 is 17.9 Å². The van der Waals surface area contributed by atoms with Crippen LogP contribution in [0, 0.1) is 0 Å². The Labute approximate surface area is 161 Å². The molecule has 1 aromatic rings. The van der Waals surface area contributed by atoms with Crippen molar-refractivity contribution in [2.45, 2.75) is 32.4 Å². The first-order valence-electron chi connectivity index (χ1n) is 7.64. The number of nitrogens with zero attached hydrogens (tertiary/aromatic N) is 3. The highest BCUT2D eigenvalue weighted by atomic mass is 79.9. The second-order valence-electron chi connectivity index (χ2n) is 6.86. The van der Waals surface area contributed by atoms with E-state index in [4.69, 9.17) is 16.3 Å². The largest absolute Gasteiger partial charge is 0.444 e. The summed E-state index contributed by atoms with van der Waals surface area (Å²) in [5, 5.41) is 0.243. The molecule has 0 unspecified atom stereocenters. The average molecular weight is 455 g/mol. The molecule has 0 spiro atoms. The van der Waals surface area contributed by atoms with Gasteiger partial charge in [-0.1, -0.05) is 11.6 Å². The summed E-state index contributed by atoms with van der Waals surface area (Å²) in [6.45, 7) is 5.98. The minimum absolute atomic E-state index is 0.175. The number of rotatable bonds is 2. The van der Waals surface area contributed by atoms with E-state index in [9.17, 15) is 13.2 Å². The summed E-state index contributed by atoms with van der Waals surface area (Å²) in [6.07, 6.45) is 0.686. The Balaban J connectivity index is 2.34. The van der Waals surface area contributed by atoms with Gasteiger partial charge in [-0.25, -0.2) is 18.2 Å². The van der Waals surface area contributed by atoms with Gasteiger partial charge in [0.1, 0.15) is 15.4 Å². The Morgan fingerprint density at radius 2 is 2.00 bits per heavy atom. The van der Waals surface area contributed by atoms with E-state index in [1.54, 1.807) is 32.9 Å². The third-order valence-corrected chi connectivity index (χ3v) is 5.47. The van der Waals surface area contributed by atoms with Crippen molar-refractivity contribution in [3.05, 3.63) is 27.5 Å². The quantitative estimate of drug-likeness (QED) is 0.642. The van der Waals surface area contributed by atoms with Crippen molar-refractivity contribution in [3.8, 4) is 0 Å². The van der Waals surface area contributed by atoms with Crippen molar-refractivity contribution in [2.75, 3.05) is 25.9 Å². The van der Waals surface area contributed by atoms with Gasteiger partial charge in [-0.05, 0) is 54.4 Å². The smallest absolute Gasteiger partial charge is 0.410 e. The predicted molar refractivity (Wildman–Crippen MR) is 99.0 cm³/mol. The molecular weight excluding hydrogens is 434 g/mol. The van der Waals surface area contributed by atoms with Crippen LogP contribution in [-0.4, -0.2) is 60.2 Å². The Morgan fingerprint density at radius 1 is 1.36 bits per heavy atom. The van der Waals surface area contributed by atoms with Crippen molar-refractivity contribution in [1.82, 2.24) is 14.2 Å². The number of hydrogen-bond acceptors (Lipinski definition) is 5. The highest BCUT2D eigenvalue weighted by Crippen LogP contribution is 2.31. The fourth-order valence-corrected chi connectivity index (χ4v) is 4.44. The normalized spacial score (nSPS) is 19.8. The number of ether oxygens (including phenoxy) is 1. The minimum Gasteiger partial charge on any atom is -0.444 e. The molecule has 1 saturated heterocycles. The summed E-state index contributed by atoms with van der Waals surface area (Å²) in [5.74, 6) is 0. The van der Waals surface area contributed by atoms with Crippen molar-refractivity contribution in [2.24, 2.45) is 0 Å². The Kier molecular flexibility index (Phi) is 6.03. The number of amides is 1. The molecule has 7 nitrogen and oxygen atoms in total. The van der Waals surface area contributed by atoms with Gasteiger partial charge in [0, 0.05) is 19.6 Å². The van der Waals surface area contributed by atoms with Crippen LogP contribution in [0.15, 0.2) is 16.7 Å². The second-order valence-corrected chi connectivity index (χ2v) is 10.00. The van der Waals surface area contributed by atoms with E-state index in [0.717, 1.165) is 6.26 Å². The number of piperazine rings is 1. The summed E-state index contributed by atoms with van der Waals surface area (Å²) < 4.78 is 31.6. The molecule has 140 valence electrons. The Morgan fingerprint density at radius 3 is 2.52 bits per heavy atom. The molecule has 1 aliphatic rings. The third kappa shape index (κ3) is 5.54. The van der Waals surface area contributed by atoms with E-state index in [1.165, 1.54) is 9.21 Å². The second kappa shape index (κ2) is 7.38. The average Bonchev–Trinajstić information content (AvgIpc) is 2.42. The van der Waals surface area contributed by atoms with Crippen LogP contribution < -0.4 is 0 Å². The number of carbonyl (C=O) groups is 1. The number of sulfonamides is 1. The number of halogens is 2. The highest BCUT2D eigenvalue weighted by Gasteiger charge is 2.37. The van der Waals surface area contributed by atoms with Gasteiger partial charge < -0.3 is 9.64 Å². The van der Waals surface area contributed by atoms with Crippen molar-refractivity contribution in [3.63, 3.8) is 0 Å². The summed E-state index contributed by atoms with van der Waals surface area (Å²) in [6, 6.07) is 2.74. The number of aromatic nitrogens is 1. The zero-order valence-electron chi connectivity index (χ0n) is 14.5. The van der Waals surface area contributed by atoms with Crippen LogP contribution in [-0.2, 0) is 14.8 Å². The van der Waals surface area contributed by atoms with Gasteiger partial charge in [0.2, 0.25) is 10.0 Å². The molecule has 25 heavy (non-hydrogen) atoms. The van der Waals surface area contributed by atoms with E-state index in [0.29, 0.717) is 10.2 Å². The molecular formula is C15H21BrClN3O4S. The molecule has 1 fully saturated rings. The topological polar surface area (TPSA) is 79.8 Å². The van der Waals surface area contributed by atoms with Gasteiger partial charge in [0.15, 0.2) is 0 Å². The molecule has 1 atom stereocenters. The SMILES string of the molecule is CC(C)(C)OC(=O)N1CCN(S(C)(=O)=O)[C@@H](c2cc(Cl)nc(Br)c2)C1. The zero-order valence-corrected chi connectivity index (χ0v) is 17.7. The summed E-state index contributed by atoms with van der Waals surface area (Å²) in [5.41, 5.74) is 0.0364. The molecule has 2 heterocycles. The first-order chi connectivity index (χ1) is 11.4. The van der Waals surface area contributed by atoms with Crippen molar-refractivity contribution in [1.29, 1.82) is 0 Å². The summed E-state index contributed by atoms with van der Waals surface area (Å²) >= 11 is 9.27. The van der Waals surface area contributed by atoms with Crippen LogP contribution in [0.25, 0.3) is 0 Å². The van der Waals surface area contributed by atoms with Crippen LogP contribution >= 0.6 is 27.5 Å². The molecule has 0 radical (unpaired) electrons. The molecule has 0 aliphatic carbocycles. The summed E-state index contributed by atoms with van der Waals surface area (Å²) in [4.78, 5) is 17.9. The lowest BCUT2D eigenvalue weighted by molar-refractivity contribution is 0.0131. The minimum atomic E-state index is -3.46. The van der Waals surface area contributed by atoms with Crippen LogP contribution in [0.2, 0.25) is 5.15 Å². The monoisotopic (exact) mass is 453 g/mol. The highest BCUT2D eigenvalue weighted by molar-refractivity contribution is 9.10. The van der Waals surface area contributed by atoms with Gasteiger partial charge in [-0.15, -0.1) is 0 Å². The van der Waals surface area contributed by atoms with Gasteiger partial charge in [0.05, 0.1) is 12.3 Å². The van der Waals surface area contributed by atoms with E-state index in [-0.39, 0.29) is 24.8 Å². The molecule has 2 rings (SSSR count). The van der Waals surface area contributed by atoms with E-state index < -0.39 is 27.8 Å². The maximum absolute atomic E-state index is 12.4. The maximum atomic E-state index is 12.4. The molecule has 1 aromatic heterocycles. The lowest BCUT2D eigenvalue weighted by atomic mass is 10.1. The molecule has 10 heteroatoms. The van der Waals surface area contributed by atoms with E-state index in [2.05, 4.69) is 20.9 Å². The van der Waals surface area contributed by atoms with Gasteiger partial charge in [-0.3, -0.25) is 0 Å². The van der Waals surface area contributed by atoms with E-state index in [1.807, 2.05) is 0 Å². The molecule has 1 amide bonds. The molecule has 0 bridgehead atoms. The lowest BCUT2D eigenvalue weighted by Crippen LogP contribution is -2.52. The van der Waals surface area contributed by atoms with Crippen LogP contribution in [0.4, 0.5) is 4.79 Å². The molecule has 0 N–H and O–H groups in total. The lowest BCUT2D eigenvalue weighted by Gasteiger charge is -2.40. The first kappa shape index (κ1) is 20.4. The van der Waals surface area contributed by atoms with E-state index >= 15 is 0 Å². The van der Waals surface area contributed by atoms with Gasteiger partial charge >= 0.3 is 6.09 Å². The van der Waals surface area contributed by atoms with Crippen LogP contribution in [0.3, 0.4) is 0 Å².